The van der Waals surface area contributed by atoms with E-state index in [1.54, 1.807) is 0 Å². The molecule has 2 rings (SSSR count). The molecule has 0 unspecified atom stereocenters. The van der Waals surface area contributed by atoms with Crippen molar-refractivity contribution in [2.75, 3.05) is 7.05 Å². The number of carbonyl (C=O) groups is 1. The Kier molecular flexibility index (Phi) is 4.16. The lowest BCUT2D eigenvalue weighted by atomic mass is 9.98. The van der Waals surface area contributed by atoms with Crippen LogP contribution >= 0.6 is 11.3 Å². The summed E-state index contributed by atoms with van der Waals surface area (Å²) in [6.07, 6.45) is 1.02. The van der Waals surface area contributed by atoms with E-state index in [-0.39, 0.29) is 5.54 Å². The van der Waals surface area contributed by atoms with Crippen LogP contribution in [0.15, 0.2) is 24.3 Å². The zero-order chi connectivity index (χ0) is 14.9. The number of hydrogen-bond donors (Lipinski definition) is 1. The zero-order valence-corrected chi connectivity index (χ0v) is 13.3. The Hall–Kier alpha value is -1.39. The van der Waals surface area contributed by atoms with E-state index in [0.717, 1.165) is 22.1 Å². The molecule has 0 aliphatic heterocycles. The van der Waals surface area contributed by atoms with Crippen molar-refractivity contribution in [3.05, 3.63) is 34.7 Å². The van der Waals surface area contributed by atoms with Gasteiger partial charge in [-0.05, 0) is 44.3 Å². The first-order valence-electron chi connectivity index (χ1n) is 6.81. The van der Waals surface area contributed by atoms with Crippen LogP contribution in [0.25, 0.3) is 10.1 Å². The zero-order valence-electron chi connectivity index (χ0n) is 12.4. The highest BCUT2D eigenvalue weighted by molar-refractivity contribution is 7.21. The van der Waals surface area contributed by atoms with E-state index >= 15 is 0 Å². The van der Waals surface area contributed by atoms with Crippen molar-refractivity contribution in [3.63, 3.8) is 0 Å². The highest BCUT2D eigenvalue weighted by Crippen LogP contribution is 2.33. The van der Waals surface area contributed by atoms with Gasteiger partial charge in [0, 0.05) is 16.8 Å². The van der Waals surface area contributed by atoms with Crippen LogP contribution in [-0.2, 0) is 6.54 Å². The molecule has 1 N–H and O–H groups in total. The fourth-order valence-electron chi connectivity index (χ4n) is 2.15. The molecule has 0 atom stereocenters. The van der Waals surface area contributed by atoms with Gasteiger partial charge in [0.25, 0.3) is 0 Å². The summed E-state index contributed by atoms with van der Waals surface area (Å²) in [5.41, 5.74) is 0.987. The smallest absolute Gasteiger partial charge is 0.346 e. The number of fused-ring (bicyclic) bond motifs is 1. The lowest BCUT2D eigenvalue weighted by molar-refractivity contribution is 0.0698. The lowest BCUT2D eigenvalue weighted by Gasteiger charge is -2.34. The summed E-state index contributed by atoms with van der Waals surface area (Å²) in [4.78, 5) is 14.2. The largest absolute Gasteiger partial charge is 0.477 e. The van der Waals surface area contributed by atoms with Crippen LogP contribution in [0.1, 0.15) is 42.4 Å². The maximum absolute atomic E-state index is 11.5. The van der Waals surface area contributed by atoms with Crippen molar-refractivity contribution in [3.8, 4) is 0 Å². The highest BCUT2D eigenvalue weighted by Gasteiger charge is 2.25. The van der Waals surface area contributed by atoms with Gasteiger partial charge in [0.15, 0.2) is 0 Å². The second-order valence-electron chi connectivity index (χ2n) is 5.73. The van der Waals surface area contributed by atoms with Gasteiger partial charge >= 0.3 is 5.97 Å². The molecule has 1 heterocycles. The van der Waals surface area contributed by atoms with E-state index in [4.69, 9.17) is 0 Å². The molecular weight excluding hydrogens is 270 g/mol. The Balaban J connectivity index is 2.47. The fourth-order valence-corrected chi connectivity index (χ4v) is 3.20. The summed E-state index contributed by atoms with van der Waals surface area (Å²) in [5, 5.41) is 10.5. The number of benzene rings is 1. The highest BCUT2D eigenvalue weighted by atomic mass is 32.1. The van der Waals surface area contributed by atoms with Crippen molar-refractivity contribution >= 4 is 27.4 Å². The van der Waals surface area contributed by atoms with Crippen LogP contribution in [0.2, 0.25) is 0 Å². The molecule has 20 heavy (non-hydrogen) atoms. The molecule has 1 aromatic carbocycles. The van der Waals surface area contributed by atoms with Gasteiger partial charge in [-0.1, -0.05) is 25.1 Å². The SMILES string of the molecule is CCC(C)(C)N(C)Cc1c(C(=O)O)sc2ccccc12. The summed E-state index contributed by atoms with van der Waals surface area (Å²) in [6.45, 7) is 7.18. The summed E-state index contributed by atoms with van der Waals surface area (Å²) in [5.74, 6) is -0.830. The van der Waals surface area contributed by atoms with Crippen molar-refractivity contribution in [2.45, 2.75) is 39.3 Å². The second kappa shape index (κ2) is 5.54. The van der Waals surface area contributed by atoms with Crippen LogP contribution in [-0.4, -0.2) is 28.6 Å². The third kappa shape index (κ3) is 2.72. The molecule has 0 amide bonds. The number of thiophene rings is 1. The third-order valence-electron chi connectivity index (χ3n) is 4.19. The Labute approximate surface area is 123 Å². The second-order valence-corrected chi connectivity index (χ2v) is 6.79. The van der Waals surface area contributed by atoms with Crippen molar-refractivity contribution in [1.82, 2.24) is 4.90 Å². The average Bonchev–Trinajstić information content (AvgIpc) is 2.78. The molecule has 0 radical (unpaired) electrons. The molecule has 0 aliphatic carbocycles. The van der Waals surface area contributed by atoms with Gasteiger partial charge in [-0.3, -0.25) is 4.90 Å². The molecule has 1 aromatic heterocycles. The maximum atomic E-state index is 11.5. The lowest BCUT2D eigenvalue weighted by Crippen LogP contribution is -2.40. The van der Waals surface area contributed by atoms with Gasteiger partial charge < -0.3 is 5.11 Å². The average molecular weight is 291 g/mol. The minimum Gasteiger partial charge on any atom is -0.477 e. The molecule has 0 fully saturated rings. The van der Waals surface area contributed by atoms with E-state index in [2.05, 4.69) is 32.7 Å². The van der Waals surface area contributed by atoms with Crippen molar-refractivity contribution < 1.29 is 9.90 Å². The summed E-state index contributed by atoms with van der Waals surface area (Å²) >= 11 is 1.37. The third-order valence-corrected chi connectivity index (χ3v) is 5.39. The number of carboxylic acid groups (broad SMARTS) is 1. The van der Waals surface area contributed by atoms with Crippen molar-refractivity contribution in [2.24, 2.45) is 0 Å². The van der Waals surface area contributed by atoms with Gasteiger partial charge in [-0.2, -0.15) is 0 Å². The Morgan fingerprint density at radius 3 is 2.60 bits per heavy atom. The van der Waals surface area contributed by atoms with Crippen LogP contribution in [0, 0.1) is 0 Å². The normalized spacial score (nSPS) is 12.2. The molecular formula is C16H21NO2S. The monoisotopic (exact) mass is 291 g/mol. The Morgan fingerprint density at radius 1 is 1.35 bits per heavy atom. The van der Waals surface area contributed by atoms with Gasteiger partial charge in [0.1, 0.15) is 4.88 Å². The van der Waals surface area contributed by atoms with E-state index in [0.29, 0.717) is 11.4 Å². The molecule has 2 aromatic rings. The van der Waals surface area contributed by atoms with E-state index < -0.39 is 5.97 Å². The quantitative estimate of drug-likeness (QED) is 0.896. The molecule has 108 valence electrons. The Bertz CT molecular complexity index is 630. The Morgan fingerprint density at radius 2 is 2.00 bits per heavy atom. The van der Waals surface area contributed by atoms with Gasteiger partial charge in [-0.15, -0.1) is 11.3 Å². The number of hydrogen-bond acceptors (Lipinski definition) is 3. The minimum absolute atomic E-state index is 0.0544. The van der Waals surface area contributed by atoms with Gasteiger partial charge in [0.2, 0.25) is 0 Å². The number of aromatic carboxylic acids is 1. The number of nitrogens with zero attached hydrogens (tertiary/aromatic N) is 1. The first kappa shape index (κ1) is 15.0. The summed E-state index contributed by atoms with van der Waals surface area (Å²) in [7, 11) is 2.06. The fraction of sp³-hybridized carbons (Fsp3) is 0.438. The predicted octanol–water partition coefficient (Wildman–Crippen LogP) is 4.22. The molecule has 0 aliphatic rings. The topological polar surface area (TPSA) is 40.5 Å². The van der Waals surface area contributed by atoms with Crippen molar-refractivity contribution in [1.29, 1.82) is 0 Å². The van der Waals surface area contributed by atoms with Crippen LogP contribution in [0.3, 0.4) is 0 Å². The molecule has 0 bridgehead atoms. The molecule has 3 nitrogen and oxygen atoms in total. The first-order valence-corrected chi connectivity index (χ1v) is 7.63. The predicted molar refractivity (Wildman–Crippen MR) is 84.6 cm³/mol. The number of rotatable bonds is 5. The van der Waals surface area contributed by atoms with Gasteiger partial charge in [-0.25, -0.2) is 4.79 Å². The van der Waals surface area contributed by atoms with Gasteiger partial charge in [0.05, 0.1) is 0 Å². The van der Waals surface area contributed by atoms with E-state index in [1.807, 2.05) is 24.3 Å². The summed E-state index contributed by atoms with van der Waals surface area (Å²) in [6, 6.07) is 7.92. The standard InChI is InChI=1S/C16H21NO2S/c1-5-16(2,3)17(4)10-12-11-8-6-7-9-13(11)20-14(12)15(18)19/h6-9H,5,10H2,1-4H3,(H,18,19). The summed E-state index contributed by atoms with van der Waals surface area (Å²) < 4.78 is 1.04. The number of carboxylic acids is 1. The first-order chi connectivity index (χ1) is 9.36. The van der Waals surface area contributed by atoms with E-state index in [9.17, 15) is 9.90 Å². The minimum atomic E-state index is -0.830. The maximum Gasteiger partial charge on any atom is 0.346 e. The van der Waals surface area contributed by atoms with E-state index in [1.165, 1.54) is 11.3 Å². The van der Waals surface area contributed by atoms with Crippen LogP contribution in [0.4, 0.5) is 0 Å². The molecule has 0 spiro atoms. The van der Waals surface area contributed by atoms with Crippen LogP contribution < -0.4 is 0 Å². The van der Waals surface area contributed by atoms with Crippen LogP contribution in [0.5, 0.6) is 0 Å². The molecule has 4 heteroatoms. The molecule has 0 saturated heterocycles. The molecule has 0 saturated carbocycles.